The number of hydrogen-bond donors (Lipinski definition) is 0. The van der Waals surface area contributed by atoms with Crippen molar-refractivity contribution in [1.29, 1.82) is 5.26 Å². The summed E-state index contributed by atoms with van der Waals surface area (Å²) < 4.78 is 4.61. The van der Waals surface area contributed by atoms with E-state index in [0.29, 0.717) is 13.0 Å². The quantitative estimate of drug-likeness (QED) is 0.592. The maximum Gasteiger partial charge on any atom is 0.322 e. The molecule has 0 saturated heterocycles. The van der Waals surface area contributed by atoms with E-state index in [1.165, 1.54) is 7.11 Å². The summed E-state index contributed by atoms with van der Waals surface area (Å²) in [6, 6.07) is 1.79. The lowest BCUT2D eigenvalue weighted by Gasteiger charge is -2.24. The lowest BCUT2D eigenvalue weighted by molar-refractivity contribution is -0.146. The molecule has 0 aliphatic rings. The van der Waals surface area contributed by atoms with E-state index in [1.807, 2.05) is 11.8 Å². The van der Waals surface area contributed by atoms with Crippen molar-refractivity contribution in [2.75, 3.05) is 20.2 Å². The minimum Gasteiger partial charge on any atom is -0.468 e. The highest BCUT2D eigenvalue weighted by Gasteiger charge is 2.19. The number of nitrogens with zero attached hydrogens (tertiary/aromatic N) is 2. The van der Waals surface area contributed by atoms with Crippen molar-refractivity contribution in [3.8, 4) is 6.07 Å². The predicted molar refractivity (Wildman–Crippen MR) is 49.0 cm³/mol. The van der Waals surface area contributed by atoms with Crippen molar-refractivity contribution < 1.29 is 9.53 Å². The minimum atomic E-state index is -0.261. The molecule has 0 aliphatic heterocycles. The molecule has 0 aromatic rings. The van der Waals surface area contributed by atoms with Crippen LogP contribution < -0.4 is 0 Å². The van der Waals surface area contributed by atoms with Gasteiger partial charge in [0.2, 0.25) is 0 Å². The second-order valence-corrected chi connectivity index (χ2v) is 2.74. The fraction of sp³-hybridized carbons (Fsp3) is 0.778. The van der Waals surface area contributed by atoms with Crippen molar-refractivity contribution in [2.45, 2.75) is 26.3 Å². The summed E-state index contributed by atoms with van der Waals surface area (Å²) >= 11 is 0. The molecule has 0 amide bonds. The Kier molecular flexibility index (Phi) is 5.90. The lowest BCUT2D eigenvalue weighted by Crippen LogP contribution is -2.40. The summed E-state index contributed by atoms with van der Waals surface area (Å²) in [5, 5.41) is 8.40. The smallest absolute Gasteiger partial charge is 0.322 e. The van der Waals surface area contributed by atoms with Gasteiger partial charge in [-0.2, -0.15) is 5.26 Å². The Balaban J connectivity index is 4.07. The van der Waals surface area contributed by atoms with Crippen LogP contribution in [0.5, 0.6) is 0 Å². The van der Waals surface area contributed by atoms with Crippen LogP contribution in [0.1, 0.15) is 20.3 Å². The first-order valence-corrected chi connectivity index (χ1v) is 4.36. The number of likely N-dealkylation sites (N-methyl/N-ethyl adjacent to an activating group) is 1. The second kappa shape index (κ2) is 6.44. The monoisotopic (exact) mass is 184 g/mol. The van der Waals surface area contributed by atoms with E-state index in [4.69, 9.17) is 5.26 Å². The number of nitriles is 1. The Labute approximate surface area is 79.1 Å². The number of rotatable bonds is 5. The van der Waals surface area contributed by atoms with Gasteiger partial charge < -0.3 is 4.74 Å². The van der Waals surface area contributed by atoms with Gasteiger partial charge in [0.05, 0.1) is 13.2 Å². The molecule has 13 heavy (non-hydrogen) atoms. The van der Waals surface area contributed by atoms with E-state index in [-0.39, 0.29) is 12.0 Å². The molecule has 4 nitrogen and oxygen atoms in total. The third-order valence-corrected chi connectivity index (χ3v) is 2.01. The molecule has 0 spiro atoms. The van der Waals surface area contributed by atoms with Crippen molar-refractivity contribution in [3.63, 3.8) is 0 Å². The van der Waals surface area contributed by atoms with Crippen LogP contribution in [-0.2, 0) is 9.53 Å². The van der Waals surface area contributed by atoms with Crippen molar-refractivity contribution >= 4 is 5.97 Å². The van der Waals surface area contributed by atoms with Crippen LogP contribution in [0, 0.1) is 11.3 Å². The Morgan fingerprint density at radius 2 is 2.31 bits per heavy atom. The highest BCUT2D eigenvalue weighted by atomic mass is 16.5. The van der Waals surface area contributed by atoms with E-state index in [0.717, 1.165) is 6.54 Å². The molecule has 1 unspecified atom stereocenters. The third kappa shape index (κ3) is 3.90. The molecule has 0 aromatic carbocycles. The fourth-order valence-corrected chi connectivity index (χ4v) is 1.14. The first-order chi connectivity index (χ1) is 6.17. The van der Waals surface area contributed by atoms with Crippen LogP contribution in [0.3, 0.4) is 0 Å². The van der Waals surface area contributed by atoms with Crippen molar-refractivity contribution in [1.82, 2.24) is 4.90 Å². The molecular weight excluding hydrogens is 168 g/mol. The molecular formula is C9H16N2O2. The molecule has 0 heterocycles. The van der Waals surface area contributed by atoms with Gasteiger partial charge >= 0.3 is 5.97 Å². The summed E-state index contributed by atoms with van der Waals surface area (Å²) in [6.45, 7) is 5.10. The molecule has 1 atom stereocenters. The Morgan fingerprint density at radius 3 is 2.69 bits per heavy atom. The van der Waals surface area contributed by atoms with Gasteiger partial charge in [-0.3, -0.25) is 9.69 Å². The largest absolute Gasteiger partial charge is 0.468 e. The Morgan fingerprint density at radius 1 is 1.69 bits per heavy atom. The van der Waals surface area contributed by atoms with Crippen molar-refractivity contribution in [3.05, 3.63) is 0 Å². The SMILES string of the molecule is CCN(CCC#N)C(C)C(=O)OC. The van der Waals surface area contributed by atoms with Crippen LogP contribution in [0.15, 0.2) is 0 Å². The van der Waals surface area contributed by atoms with Crippen LogP contribution in [0.2, 0.25) is 0 Å². The number of carbonyl (C=O) groups is 1. The maximum absolute atomic E-state index is 11.1. The average molecular weight is 184 g/mol. The zero-order valence-electron chi connectivity index (χ0n) is 8.41. The van der Waals surface area contributed by atoms with Crippen LogP contribution in [-0.4, -0.2) is 37.1 Å². The molecule has 0 saturated carbocycles. The standard InChI is InChI=1S/C9H16N2O2/c1-4-11(7-5-6-10)8(2)9(12)13-3/h8H,4-5,7H2,1-3H3. The summed E-state index contributed by atoms with van der Waals surface area (Å²) in [7, 11) is 1.37. The molecule has 0 rings (SSSR count). The van der Waals surface area contributed by atoms with E-state index >= 15 is 0 Å². The molecule has 0 aliphatic carbocycles. The fourth-order valence-electron chi connectivity index (χ4n) is 1.14. The first-order valence-electron chi connectivity index (χ1n) is 4.36. The topological polar surface area (TPSA) is 53.3 Å². The van der Waals surface area contributed by atoms with Gasteiger partial charge in [0.15, 0.2) is 0 Å². The minimum absolute atomic E-state index is 0.250. The first kappa shape index (κ1) is 11.9. The number of ether oxygens (including phenoxy) is 1. The Bertz CT molecular complexity index is 198. The van der Waals surface area contributed by atoms with Gasteiger partial charge in [-0.05, 0) is 13.5 Å². The van der Waals surface area contributed by atoms with Crippen LogP contribution in [0.25, 0.3) is 0 Å². The zero-order valence-corrected chi connectivity index (χ0v) is 8.41. The Hall–Kier alpha value is -1.08. The number of esters is 1. The van der Waals surface area contributed by atoms with Crippen LogP contribution >= 0.6 is 0 Å². The molecule has 0 N–H and O–H groups in total. The summed E-state index contributed by atoms with van der Waals surface area (Å²) in [5.74, 6) is -0.250. The lowest BCUT2D eigenvalue weighted by atomic mass is 10.2. The van der Waals surface area contributed by atoms with Gasteiger partial charge in [-0.15, -0.1) is 0 Å². The van der Waals surface area contributed by atoms with Gasteiger partial charge in [0.1, 0.15) is 6.04 Å². The van der Waals surface area contributed by atoms with E-state index in [9.17, 15) is 4.79 Å². The summed E-state index contributed by atoms with van der Waals surface area (Å²) in [6.07, 6.45) is 0.440. The normalized spacial score (nSPS) is 12.2. The molecule has 0 bridgehead atoms. The van der Waals surface area contributed by atoms with Gasteiger partial charge in [0.25, 0.3) is 0 Å². The number of hydrogen-bond acceptors (Lipinski definition) is 4. The predicted octanol–water partition coefficient (Wildman–Crippen LogP) is 0.783. The van der Waals surface area contributed by atoms with Gasteiger partial charge in [-0.25, -0.2) is 0 Å². The highest BCUT2D eigenvalue weighted by Crippen LogP contribution is 2.01. The maximum atomic E-state index is 11.1. The molecule has 0 aromatic heterocycles. The van der Waals surface area contributed by atoms with E-state index in [1.54, 1.807) is 6.92 Å². The van der Waals surface area contributed by atoms with E-state index in [2.05, 4.69) is 10.8 Å². The van der Waals surface area contributed by atoms with Crippen LogP contribution in [0.4, 0.5) is 0 Å². The third-order valence-electron chi connectivity index (χ3n) is 2.01. The second-order valence-electron chi connectivity index (χ2n) is 2.74. The number of methoxy groups -OCH3 is 1. The molecule has 4 heteroatoms. The van der Waals surface area contributed by atoms with E-state index < -0.39 is 0 Å². The van der Waals surface area contributed by atoms with Gasteiger partial charge in [0, 0.05) is 13.0 Å². The van der Waals surface area contributed by atoms with Crippen molar-refractivity contribution in [2.24, 2.45) is 0 Å². The van der Waals surface area contributed by atoms with Gasteiger partial charge in [-0.1, -0.05) is 6.92 Å². The number of carbonyl (C=O) groups excluding carboxylic acids is 1. The highest BCUT2D eigenvalue weighted by molar-refractivity contribution is 5.75. The molecule has 0 radical (unpaired) electrons. The zero-order chi connectivity index (χ0) is 10.3. The summed E-state index contributed by atoms with van der Waals surface area (Å²) in [5.41, 5.74) is 0. The molecule has 0 fully saturated rings. The summed E-state index contributed by atoms with van der Waals surface area (Å²) in [4.78, 5) is 13.0. The average Bonchev–Trinajstić information content (AvgIpc) is 2.17. The molecule has 74 valence electrons.